The molecule has 16 heavy (non-hydrogen) atoms. The Morgan fingerprint density at radius 1 is 0.750 bits per heavy atom. The number of hydrogen-bond donors (Lipinski definition) is 2. The van der Waals surface area contributed by atoms with E-state index in [0.717, 1.165) is 11.2 Å². The molecule has 94 valence electrons. The van der Waals surface area contributed by atoms with Crippen molar-refractivity contribution in [3.63, 3.8) is 0 Å². The predicted molar refractivity (Wildman–Crippen MR) is 30.6 cm³/mol. The maximum Gasteiger partial charge on any atom is 0.492 e. The van der Waals surface area contributed by atoms with Crippen LogP contribution in [0.2, 0.25) is 0 Å². The van der Waals surface area contributed by atoms with Crippen molar-refractivity contribution >= 4 is 11.9 Å². The van der Waals surface area contributed by atoms with Crippen LogP contribution in [0.1, 0.15) is 0 Å². The first-order chi connectivity index (χ1) is 7.05. The normalized spacial score (nSPS) is 12.1. The molecule has 0 aliphatic carbocycles. The van der Waals surface area contributed by atoms with Crippen LogP contribution < -0.4 is 11.2 Å². The summed E-state index contributed by atoms with van der Waals surface area (Å²) in [5.74, 6) is -5.49. The topological polar surface area (TPSA) is 76.7 Å². The molecule has 0 unspecified atom stereocenters. The van der Waals surface area contributed by atoms with Gasteiger partial charge in [-0.25, -0.2) is 9.59 Å². The van der Waals surface area contributed by atoms with Crippen molar-refractivity contribution in [2.75, 3.05) is 0 Å². The molecular formula is C4H2F6N2O4. The van der Waals surface area contributed by atoms with Gasteiger partial charge in [-0.05, 0) is 0 Å². The number of hydrogen-bond acceptors (Lipinski definition) is 6. The van der Waals surface area contributed by atoms with Gasteiger partial charge >= 0.3 is 24.3 Å². The Morgan fingerprint density at radius 3 is 1.19 bits per heavy atom. The summed E-state index contributed by atoms with van der Waals surface area (Å²) in [7, 11) is 0. The van der Waals surface area contributed by atoms with Crippen molar-refractivity contribution in [2.24, 2.45) is 0 Å². The number of hydrazine groups is 1. The molecule has 0 fully saturated rings. The van der Waals surface area contributed by atoms with E-state index in [4.69, 9.17) is 0 Å². The zero-order valence-electron chi connectivity index (χ0n) is 6.90. The van der Waals surface area contributed by atoms with Gasteiger partial charge in [-0.15, -0.1) is 0 Å². The molecule has 0 aliphatic heterocycles. The van der Waals surface area contributed by atoms with Crippen LogP contribution >= 0.6 is 0 Å². The van der Waals surface area contributed by atoms with Gasteiger partial charge < -0.3 is 9.68 Å². The minimum atomic E-state index is -5.34. The number of carbonyl (C=O) groups excluding carboxylic acids is 2. The van der Waals surface area contributed by atoms with Gasteiger partial charge in [0.2, 0.25) is 0 Å². The molecule has 0 heterocycles. The smallest absolute Gasteiger partial charge is 0.345 e. The first kappa shape index (κ1) is 14.4. The molecule has 0 rings (SSSR count). The van der Waals surface area contributed by atoms with Gasteiger partial charge in [-0.2, -0.15) is 26.3 Å². The number of rotatable bonds is 3. The van der Waals surface area contributed by atoms with Gasteiger partial charge in [0, 0.05) is 0 Å². The Kier molecular flexibility index (Phi) is 4.49. The molecule has 0 atom stereocenters. The average Bonchev–Trinajstić information content (AvgIpc) is 2.08. The lowest BCUT2D eigenvalue weighted by atomic mass is 10.7. The van der Waals surface area contributed by atoms with Crippen LogP contribution in [0.3, 0.4) is 0 Å². The molecule has 6 nitrogen and oxygen atoms in total. The molecule has 12 heteroatoms. The second-order valence-corrected chi connectivity index (χ2v) is 1.98. The molecule has 0 spiro atoms. The number of alkyl halides is 6. The quantitative estimate of drug-likeness (QED) is 0.424. The minimum Gasteiger partial charge on any atom is -0.345 e. The van der Waals surface area contributed by atoms with Crippen LogP contribution in [-0.4, -0.2) is 24.3 Å². The van der Waals surface area contributed by atoms with Crippen LogP contribution in [0.5, 0.6) is 0 Å². The molecule has 0 aromatic rings. The Labute approximate surface area is 82.4 Å². The third-order valence-electron chi connectivity index (χ3n) is 0.792. The van der Waals surface area contributed by atoms with E-state index in [1.165, 1.54) is 0 Å². The van der Waals surface area contributed by atoms with E-state index in [2.05, 4.69) is 9.68 Å². The van der Waals surface area contributed by atoms with Gasteiger partial charge in [0.1, 0.15) is 0 Å². The lowest BCUT2D eigenvalue weighted by molar-refractivity contribution is -0.229. The van der Waals surface area contributed by atoms with E-state index in [-0.39, 0.29) is 0 Å². The molecule has 2 N–H and O–H groups in total. The minimum absolute atomic E-state index is 0.832. The van der Waals surface area contributed by atoms with Gasteiger partial charge in [0.05, 0.1) is 0 Å². The van der Waals surface area contributed by atoms with E-state index >= 15 is 0 Å². The highest BCUT2D eigenvalue weighted by molar-refractivity contribution is 5.75. The second kappa shape index (κ2) is 4.98. The lowest BCUT2D eigenvalue weighted by Crippen LogP contribution is -2.42. The fourth-order valence-corrected chi connectivity index (χ4v) is 0.250. The van der Waals surface area contributed by atoms with Crippen LogP contribution in [0.4, 0.5) is 26.3 Å². The van der Waals surface area contributed by atoms with Gasteiger partial charge in [0.25, 0.3) is 0 Å². The van der Waals surface area contributed by atoms with E-state index in [1.54, 1.807) is 0 Å². The highest BCUT2D eigenvalue weighted by Crippen LogP contribution is 2.16. The highest BCUT2D eigenvalue weighted by Gasteiger charge is 2.43. The Balaban J connectivity index is 3.79. The molecule has 0 saturated carbocycles. The summed E-state index contributed by atoms with van der Waals surface area (Å²) in [4.78, 5) is 26.0. The predicted octanol–water partition coefficient (Wildman–Crippen LogP) is 0.122. The Morgan fingerprint density at radius 2 is 1.00 bits per heavy atom. The second-order valence-electron chi connectivity index (χ2n) is 1.98. The van der Waals surface area contributed by atoms with Crippen molar-refractivity contribution in [1.29, 1.82) is 0 Å². The largest absolute Gasteiger partial charge is 0.492 e. The van der Waals surface area contributed by atoms with E-state index in [0.29, 0.717) is 0 Å². The van der Waals surface area contributed by atoms with E-state index in [9.17, 15) is 35.9 Å². The van der Waals surface area contributed by atoms with Gasteiger partial charge in [-0.1, -0.05) is 11.2 Å². The summed E-state index contributed by atoms with van der Waals surface area (Å²) in [6.45, 7) is 0. The van der Waals surface area contributed by atoms with Crippen molar-refractivity contribution in [1.82, 2.24) is 11.2 Å². The molecule has 0 aromatic carbocycles. The number of nitrogens with one attached hydrogen (secondary N) is 2. The van der Waals surface area contributed by atoms with Crippen molar-refractivity contribution in [3.8, 4) is 0 Å². The van der Waals surface area contributed by atoms with E-state index in [1.807, 2.05) is 0 Å². The van der Waals surface area contributed by atoms with Crippen molar-refractivity contribution in [3.05, 3.63) is 0 Å². The Bertz CT molecular complexity index is 245. The monoisotopic (exact) mass is 256 g/mol. The molecule has 0 saturated heterocycles. The van der Waals surface area contributed by atoms with Crippen molar-refractivity contribution in [2.45, 2.75) is 12.4 Å². The third-order valence-corrected chi connectivity index (χ3v) is 0.792. The summed E-state index contributed by atoms with van der Waals surface area (Å²) in [5, 5.41) is 0. The molecule has 0 aromatic heterocycles. The Hall–Kier alpha value is -1.56. The zero-order chi connectivity index (χ0) is 13.0. The fourth-order valence-electron chi connectivity index (χ4n) is 0.250. The van der Waals surface area contributed by atoms with Crippen molar-refractivity contribution < 1.29 is 45.6 Å². The van der Waals surface area contributed by atoms with Gasteiger partial charge in [-0.3, -0.25) is 0 Å². The average molecular weight is 256 g/mol. The summed E-state index contributed by atoms with van der Waals surface area (Å²) in [6, 6.07) is 0. The molecule has 0 radical (unpaired) electrons. The zero-order valence-corrected chi connectivity index (χ0v) is 6.90. The first-order valence-electron chi connectivity index (χ1n) is 3.11. The maximum atomic E-state index is 11.4. The van der Waals surface area contributed by atoms with Crippen LogP contribution in [0.25, 0.3) is 0 Å². The van der Waals surface area contributed by atoms with Gasteiger partial charge in [0.15, 0.2) is 0 Å². The first-order valence-corrected chi connectivity index (χ1v) is 3.11. The SMILES string of the molecule is O=C(ONNOC(=O)C(F)(F)F)C(F)(F)F. The summed E-state index contributed by atoms with van der Waals surface area (Å²) >= 11 is 0. The number of halogens is 6. The van der Waals surface area contributed by atoms with Crippen LogP contribution in [-0.2, 0) is 19.3 Å². The molecule has 0 aliphatic rings. The van der Waals surface area contributed by atoms with E-state index < -0.39 is 24.3 Å². The molecular weight excluding hydrogens is 254 g/mol. The summed E-state index contributed by atoms with van der Waals surface area (Å²) in [6.07, 6.45) is -10.7. The molecule has 0 bridgehead atoms. The van der Waals surface area contributed by atoms with Crippen LogP contribution in [0.15, 0.2) is 0 Å². The lowest BCUT2D eigenvalue weighted by Gasteiger charge is -2.09. The third kappa shape index (κ3) is 5.35. The highest BCUT2D eigenvalue weighted by atomic mass is 19.4. The number of carbonyl (C=O) groups is 2. The maximum absolute atomic E-state index is 11.4. The standard InChI is InChI=1S/C4H2F6N2O4/c5-3(6,7)1(13)15-11-12-16-2(14)4(8,9)10/h11-12H. The summed E-state index contributed by atoms with van der Waals surface area (Å²) in [5.41, 5.74) is 1.66. The van der Waals surface area contributed by atoms with Crippen LogP contribution in [0, 0.1) is 0 Å². The molecule has 0 amide bonds. The fraction of sp³-hybridized carbons (Fsp3) is 0.500. The summed E-state index contributed by atoms with van der Waals surface area (Å²) < 4.78 is 68.4.